The lowest BCUT2D eigenvalue weighted by atomic mass is 10.2. The van der Waals surface area contributed by atoms with E-state index in [0.29, 0.717) is 6.61 Å². The van der Waals surface area contributed by atoms with Crippen molar-refractivity contribution in [2.24, 2.45) is 0 Å². The molecule has 1 aromatic carbocycles. The van der Waals surface area contributed by atoms with Crippen LogP contribution in [0.25, 0.3) is 0 Å². The summed E-state index contributed by atoms with van der Waals surface area (Å²) < 4.78 is 9.98. The SMILES string of the molecule is CCc1nsc(N(C)CCOc2ccc(C)cc2)n1. The van der Waals surface area contributed by atoms with Gasteiger partial charge in [0.15, 0.2) is 0 Å². The van der Waals surface area contributed by atoms with Gasteiger partial charge in [0, 0.05) is 25.0 Å². The van der Waals surface area contributed by atoms with Crippen LogP contribution in [0.4, 0.5) is 5.13 Å². The summed E-state index contributed by atoms with van der Waals surface area (Å²) in [4.78, 5) is 6.52. The Hall–Kier alpha value is -1.62. The number of hydrogen-bond donors (Lipinski definition) is 0. The molecule has 0 aliphatic heterocycles. The lowest BCUT2D eigenvalue weighted by Crippen LogP contribution is -2.23. The largest absolute Gasteiger partial charge is 0.492 e. The fourth-order valence-electron chi connectivity index (χ4n) is 1.57. The maximum Gasteiger partial charge on any atom is 0.205 e. The van der Waals surface area contributed by atoms with Crippen LogP contribution in [0.3, 0.4) is 0 Å². The number of aromatic nitrogens is 2. The third-order valence-electron chi connectivity index (χ3n) is 2.82. The van der Waals surface area contributed by atoms with E-state index in [1.807, 2.05) is 19.2 Å². The predicted octanol–water partition coefficient (Wildman–Crippen LogP) is 2.92. The zero-order valence-electron chi connectivity index (χ0n) is 11.6. The Morgan fingerprint density at radius 3 is 2.63 bits per heavy atom. The quantitative estimate of drug-likeness (QED) is 0.813. The summed E-state index contributed by atoms with van der Waals surface area (Å²) in [6.07, 6.45) is 0.879. The molecule has 0 atom stereocenters. The van der Waals surface area contributed by atoms with E-state index >= 15 is 0 Å². The van der Waals surface area contributed by atoms with E-state index in [9.17, 15) is 0 Å². The molecule has 4 nitrogen and oxygen atoms in total. The molecule has 1 heterocycles. The second kappa shape index (κ2) is 6.52. The maximum atomic E-state index is 5.70. The molecular weight excluding hydrogens is 258 g/mol. The molecule has 2 rings (SSSR count). The first kappa shape index (κ1) is 13.8. The second-order valence-corrected chi connectivity index (χ2v) is 5.16. The van der Waals surface area contributed by atoms with Crippen LogP contribution in [0.2, 0.25) is 0 Å². The minimum atomic E-state index is 0.639. The Bertz CT molecular complexity index is 510. The van der Waals surface area contributed by atoms with Crippen LogP contribution in [0, 0.1) is 6.92 Å². The van der Waals surface area contributed by atoms with E-state index in [2.05, 4.69) is 40.2 Å². The van der Waals surface area contributed by atoms with Gasteiger partial charge >= 0.3 is 0 Å². The lowest BCUT2D eigenvalue weighted by Gasteiger charge is -2.15. The number of likely N-dealkylation sites (N-methyl/N-ethyl adjacent to an activating group) is 1. The van der Waals surface area contributed by atoms with Crippen molar-refractivity contribution in [2.75, 3.05) is 25.1 Å². The van der Waals surface area contributed by atoms with Crippen molar-refractivity contribution < 1.29 is 4.74 Å². The van der Waals surface area contributed by atoms with Gasteiger partial charge in [-0.25, -0.2) is 4.98 Å². The molecule has 19 heavy (non-hydrogen) atoms. The molecule has 2 aromatic rings. The molecule has 0 radical (unpaired) electrons. The summed E-state index contributed by atoms with van der Waals surface area (Å²) in [5, 5.41) is 0.948. The number of hydrogen-bond acceptors (Lipinski definition) is 5. The number of nitrogens with zero attached hydrogens (tertiary/aromatic N) is 3. The van der Waals surface area contributed by atoms with Crippen molar-refractivity contribution >= 4 is 16.7 Å². The first-order valence-electron chi connectivity index (χ1n) is 6.42. The normalized spacial score (nSPS) is 10.5. The van der Waals surface area contributed by atoms with Gasteiger partial charge in [0.25, 0.3) is 0 Å². The Morgan fingerprint density at radius 1 is 1.26 bits per heavy atom. The van der Waals surface area contributed by atoms with Crippen LogP contribution in [0.1, 0.15) is 18.3 Å². The Balaban J connectivity index is 1.80. The van der Waals surface area contributed by atoms with Crippen molar-refractivity contribution in [2.45, 2.75) is 20.3 Å². The average Bonchev–Trinajstić information content (AvgIpc) is 2.90. The van der Waals surface area contributed by atoms with Gasteiger partial charge in [-0.2, -0.15) is 4.37 Å². The van der Waals surface area contributed by atoms with Gasteiger partial charge in [0.1, 0.15) is 18.2 Å². The molecule has 1 aromatic heterocycles. The van der Waals surface area contributed by atoms with Gasteiger partial charge in [-0.1, -0.05) is 24.6 Å². The van der Waals surface area contributed by atoms with Gasteiger partial charge < -0.3 is 9.64 Å². The van der Waals surface area contributed by atoms with Gasteiger partial charge in [0.05, 0.1) is 6.54 Å². The van der Waals surface area contributed by atoms with E-state index in [1.54, 1.807) is 0 Å². The zero-order chi connectivity index (χ0) is 13.7. The molecule has 0 bridgehead atoms. The van der Waals surface area contributed by atoms with Crippen molar-refractivity contribution in [3.8, 4) is 5.75 Å². The van der Waals surface area contributed by atoms with Crippen LogP contribution in [-0.4, -0.2) is 29.6 Å². The molecule has 0 N–H and O–H groups in total. The van der Waals surface area contributed by atoms with Crippen molar-refractivity contribution in [3.63, 3.8) is 0 Å². The first-order chi connectivity index (χ1) is 9.19. The van der Waals surface area contributed by atoms with E-state index in [-0.39, 0.29) is 0 Å². The van der Waals surface area contributed by atoms with Crippen LogP contribution >= 0.6 is 11.5 Å². The van der Waals surface area contributed by atoms with E-state index in [1.165, 1.54) is 17.1 Å². The topological polar surface area (TPSA) is 38.2 Å². The summed E-state index contributed by atoms with van der Waals surface area (Å²) in [7, 11) is 2.01. The first-order valence-corrected chi connectivity index (χ1v) is 7.19. The Labute approximate surface area is 118 Å². The molecule has 5 heteroatoms. The monoisotopic (exact) mass is 277 g/mol. The molecule has 102 valence electrons. The third kappa shape index (κ3) is 3.92. The number of anilines is 1. The standard InChI is InChI=1S/C14H19N3OS/c1-4-13-15-14(19-16-13)17(3)9-10-18-12-7-5-11(2)6-8-12/h5-8H,4,9-10H2,1-3H3. The van der Waals surface area contributed by atoms with Gasteiger partial charge in [-0.05, 0) is 19.1 Å². The minimum Gasteiger partial charge on any atom is -0.492 e. The van der Waals surface area contributed by atoms with Crippen molar-refractivity contribution in [1.29, 1.82) is 0 Å². The summed E-state index contributed by atoms with van der Waals surface area (Å²) in [5.74, 6) is 1.82. The summed E-state index contributed by atoms with van der Waals surface area (Å²) in [5.41, 5.74) is 1.24. The predicted molar refractivity (Wildman–Crippen MR) is 79.2 cm³/mol. The Kier molecular flexibility index (Phi) is 4.74. The molecule has 0 saturated carbocycles. The summed E-state index contributed by atoms with van der Waals surface area (Å²) in [6, 6.07) is 8.10. The fraction of sp³-hybridized carbons (Fsp3) is 0.429. The van der Waals surface area contributed by atoms with Crippen molar-refractivity contribution in [1.82, 2.24) is 9.36 Å². The number of aryl methyl sites for hydroxylation is 2. The number of rotatable bonds is 6. The Morgan fingerprint density at radius 2 is 2.00 bits per heavy atom. The molecule has 0 spiro atoms. The van der Waals surface area contributed by atoms with Crippen LogP contribution in [-0.2, 0) is 6.42 Å². The van der Waals surface area contributed by atoms with Crippen LogP contribution in [0.15, 0.2) is 24.3 Å². The van der Waals surface area contributed by atoms with E-state index in [4.69, 9.17) is 4.74 Å². The summed E-state index contributed by atoms with van der Waals surface area (Å²) in [6.45, 7) is 5.57. The average molecular weight is 277 g/mol. The van der Waals surface area contributed by atoms with Gasteiger partial charge in [0.2, 0.25) is 5.13 Å². The molecule has 0 fully saturated rings. The molecule has 0 aliphatic rings. The van der Waals surface area contributed by atoms with Crippen LogP contribution in [0.5, 0.6) is 5.75 Å². The highest BCUT2D eigenvalue weighted by Gasteiger charge is 2.07. The fourth-order valence-corrected chi connectivity index (χ4v) is 2.31. The molecule has 0 amide bonds. The highest BCUT2D eigenvalue weighted by molar-refractivity contribution is 7.09. The third-order valence-corrected chi connectivity index (χ3v) is 3.68. The highest BCUT2D eigenvalue weighted by atomic mass is 32.1. The smallest absolute Gasteiger partial charge is 0.205 e. The zero-order valence-corrected chi connectivity index (χ0v) is 12.4. The molecule has 0 aliphatic carbocycles. The molecule has 0 unspecified atom stereocenters. The van der Waals surface area contributed by atoms with Gasteiger partial charge in [-0.15, -0.1) is 0 Å². The molecule has 0 saturated heterocycles. The number of benzene rings is 1. The van der Waals surface area contributed by atoms with E-state index < -0.39 is 0 Å². The van der Waals surface area contributed by atoms with Gasteiger partial charge in [-0.3, -0.25) is 0 Å². The maximum absolute atomic E-state index is 5.70. The summed E-state index contributed by atoms with van der Waals surface area (Å²) >= 11 is 1.44. The van der Waals surface area contributed by atoms with Crippen molar-refractivity contribution in [3.05, 3.63) is 35.7 Å². The van der Waals surface area contributed by atoms with Crippen LogP contribution < -0.4 is 9.64 Å². The highest BCUT2D eigenvalue weighted by Crippen LogP contribution is 2.16. The second-order valence-electron chi connectivity index (χ2n) is 4.43. The molecular formula is C14H19N3OS. The van der Waals surface area contributed by atoms with E-state index in [0.717, 1.165) is 29.7 Å². The minimum absolute atomic E-state index is 0.639. The number of ether oxygens (including phenoxy) is 1. The lowest BCUT2D eigenvalue weighted by molar-refractivity contribution is 0.326.